The summed E-state index contributed by atoms with van der Waals surface area (Å²) < 4.78 is 0. The Bertz CT molecular complexity index is 505. The molecule has 19 heavy (non-hydrogen) atoms. The van der Waals surface area contributed by atoms with Crippen LogP contribution < -0.4 is 5.32 Å². The smallest absolute Gasteiger partial charge is 0.269 e. The van der Waals surface area contributed by atoms with Gasteiger partial charge in [-0.3, -0.25) is 10.1 Å². The van der Waals surface area contributed by atoms with Gasteiger partial charge in [0.15, 0.2) is 0 Å². The molecule has 5 nitrogen and oxygen atoms in total. The van der Waals surface area contributed by atoms with Gasteiger partial charge in [-0.05, 0) is 18.1 Å². The lowest BCUT2D eigenvalue weighted by Gasteiger charge is -2.49. The van der Waals surface area contributed by atoms with Gasteiger partial charge in [-0.2, -0.15) is 0 Å². The molecule has 0 aromatic heterocycles. The zero-order valence-electron chi connectivity index (χ0n) is 10.9. The number of aliphatic hydroxyl groups excluding tert-OH is 1. The van der Waals surface area contributed by atoms with Gasteiger partial charge in [-0.1, -0.05) is 25.4 Å². The van der Waals surface area contributed by atoms with Crippen LogP contribution in [0.5, 0.6) is 0 Å². The van der Waals surface area contributed by atoms with E-state index in [1.54, 1.807) is 0 Å². The van der Waals surface area contributed by atoms with E-state index in [2.05, 4.69) is 5.32 Å². The molecule has 2 rings (SSSR count). The van der Waals surface area contributed by atoms with Crippen LogP contribution in [0.25, 0.3) is 0 Å². The molecule has 2 N–H and O–H groups in total. The SMILES string of the molecule is CC1(C)C(O)CC1NCc1cc([N+](=O)[O-])ccc1Cl. The zero-order valence-corrected chi connectivity index (χ0v) is 11.6. The highest BCUT2D eigenvalue weighted by molar-refractivity contribution is 6.31. The average Bonchev–Trinajstić information content (AvgIpc) is 2.35. The van der Waals surface area contributed by atoms with E-state index >= 15 is 0 Å². The summed E-state index contributed by atoms with van der Waals surface area (Å²) >= 11 is 6.03. The molecule has 0 heterocycles. The number of non-ortho nitro benzene ring substituents is 1. The van der Waals surface area contributed by atoms with Crippen molar-refractivity contribution in [3.63, 3.8) is 0 Å². The third-order valence-electron chi connectivity index (χ3n) is 3.99. The average molecular weight is 285 g/mol. The van der Waals surface area contributed by atoms with Crippen LogP contribution in [-0.2, 0) is 6.54 Å². The van der Waals surface area contributed by atoms with E-state index in [4.69, 9.17) is 11.6 Å². The summed E-state index contributed by atoms with van der Waals surface area (Å²) in [5.41, 5.74) is 0.565. The van der Waals surface area contributed by atoms with Crippen LogP contribution >= 0.6 is 11.6 Å². The first kappa shape index (κ1) is 14.2. The van der Waals surface area contributed by atoms with Crippen LogP contribution in [-0.4, -0.2) is 22.2 Å². The van der Waals surface area contributed by atoms with Crippen molar-refractivity contribution in [2.75, 3.05) is 0 Å². The predicted octanol–water partition coefficient (Wildman–Crippen LogP) is 2.50. The molecule has 2 atom stereocenters. The second-order valence-corrected chi connectivity index (χ2v) is 5.95. The molecule has 0 bridgehead atoms. The second-order valence-electron chi connectivity index (χ2n) is 5.54. The molecule has 0 aliphatic heterocycles. The zero-order chi connectivity index (χ0) is 14.2. The molecule has 104 valence electrons. The monoisotopic (exact) mass is 284 g/mol. The van der Waals surface area contributed by atoms with Crippen molar-refractivity contribution in [3.05, 3.63) is 38.9 Å². The highest BCUT2D eigenvalue weighted by atomic mass is 35.5. The normalized spacial score (nSPS) is 24.8. The molecule has 1 aliphatic rings. The van der Waals surface area contributed by atoms with Gasteiger partial charge >= 0.3 is 0 Å². The van der Waals surface area contributed by atoms with Crippen molar-refractivity contribution in [1.29, 1.82) is 0 Å². The number of nitrogens with zero attached hydrogens (tertiary/aromatic N) is 1. The van der Waals surface area contributed by atoms with Gasteiger partial charge in [0, 0.05) is 35.2 Å². The first-order chi connectivity index (χ1) is 8.82. The molecular weight excluding hydrogens is 268 g/mol. The predicted molar refractivity (Wildman–Crippen MR) is 73.1 cm³/mol. The Hall–Kier alpha value is -1.17. The maximum atomic E-state index is 10.7. The third kappa shape index (κ3) is 2.73. The molecule has 6 heteroatoms. The summed E-state index contributed by atoms with van der Waals surface area (Å²) in [6, 6.07) is 4.61. The summed E-state index contributed by atoms with van der Waals surface area (Å²) in [5.74, 6) is 0. The van der Waals surface area contributed by atoms with Crippen LogP contribution in [0.2, 0.25) is 5.02 Å². The van der Waals surface area contributed by atoms with Crippen molar-refractivity contribution in [2.24, 2.45) is 5.41 Å². The van der Waals surface area contributed by atoms with E-state index in [0.717, 1.165) is 0 Å². The minimum absolute atomic E-state index is 0.0362. The number of rotatable bonds is 4. The van der Waals surface area contributed by atoms with Crippen LogP contribution in [0.15, 0.2) is 18.2 Å². The molecule has 0 radical (unpaired) electrons. The van der Waals surface area contributed by atoms with Gasteiger partial charge < -0.3 is 10.4 Å². The fourth-order valence-electron chi connectivity index (χ4n) is 2.29. The Morgan fingerprint density at radius 3 is 2.79 bits per heavy atom. The summed E-state index contributed by atoms with van der Waals surface area (Å²) in [5, 5.41) is 24.2. The van der Waals surface area contributed by atoms with E-state index in [1.165, 1.54) is 18.2 Å². The number of hydrogen-bond acceptors (Lipinski definition) is 4. The number of nitro benzene ring substituents is 1. The Morgan fingerprint density at radius 1 is 1.58 bits per heavy atom. The van der Waals surface area contributed by atoms with E-state index in [1.807, 2.05) is 13.8 Å². The Balaban J connectivity index is 2.04. The molecule has 2 unspecified atom stereocenters. The highest BCUT2D eigenvalue weighted by Gasteiger charge is 2.46. The summed E-state index contributed by atoms with van der Waals surface area (Å²) in [7, 11) is 0. The lowest BCUT2D eigenvalue weighted by molar-refractivity contribution is -0.384. The van der Waals surface area contributed by atoms with Gasteiger partial charge in [0.25, 0.3) is 5.69 Å². The Morgan fingerprint density at radius 2 is 2.26 bits per heavy atom. The van der Waals surface area contributed by atoms with E-state index in [9.17, 15) is 15.2 Å². The van der Waals surface area contributed by atoms with Crippen molar-refractivity contribution in [3.8, 4) is 0 Å². The minimum Gasteiger partial charge on any atom is -0.392 e. The molecular formula is C13H17ClN2O3. The minimum atomic E-state index is -0.434. The maximum Gasteiger partial charge on any atom is 0.269 e. The number of aliphatic hydroxyl groups is 1. The summed E-state index contributed by atoms with van der Waals surface area (Å²) in [4.78, 5) is 10.3. The molecule has 1 fully saturated rings. The number of nitro groups is 1. The van der Waals surface area contributed by atoms with Crippen LogP contribution in [0, 0.1) is 15.5 Å². The number of hydrogen-bond donors (Lipinski definition) is 2. The number of halogens is 1. The first-order valence-corrected chi connectivity index (χ1v) is 6.54. The third-order valence-corrected chi connectivity index (χ3v) is 4.36. The molecule has 0 amide bonds. The fraction of sp³-hybridized carbons (Fsp3) is 0.538. The van der Waals surface area contributed by atoms with Gasteiger partial charge in [-0.15, -0.1) is 0 Å². The largest absolute Gasteiger partial charge is 0.392 e. The first-order valence-electron chi connectivity index (χ1n) is 6.16. The molecule has 1 saturated carbocycles. The lowest BCUT2D eigenvalue weighted by atomic mass is 9.64. The molecule has 0 spiro atoms. The lowest BCUT2D eigenvalue weighted by Crippen LogP contribution is -2.59. The Kier molecular flexibility index (Phi) is 3.80. The topological polar surface area (TPSA) is 75.4 Å². The van der Waals surface area contributed by atoms with E-state index in [0.29, 0.717) is 23.6 Å². The quantitative estimate of drug-likeness (QED) is 0.658. The van der Waals surface area contributed by atoms with Crippen molar-refractivity contribution >= 4 is 17.3 Å². The van der Waals surface area contributed by atoms with Crippen molar-refractivity contribution in [1.82, 2.24) is 5.32 Å². The molecule has 0 saturated heterocycles. The number of nitrogens with one attached hydrogen (secondary N) is 1. The second kappa shape index (κ2) is 5.07. The fourth-order valence-corrected chi connectivity index (χ4v) is 2.48. The Labute approximate surface area is 116 Å². The van der Waals surface area contributed by atoms with Crippen molar-refractivity contribution in [2.45, 2.75) is 39.0 Å². The van der Waals surface area contributed by atoms with E-state index in [-0.39, 0.29) is 23.2 Å². The highest BCUT2D eigenvalue weighted by Crippen LogP contribution is 2.40. The summed E-state index contributed by atoms with van der Waals surface area (Å²) in [6.45, 7) is 4.45. The molecule has 1 aromatic rings. The molecule has 1 aliphatic carbocycles. The van der Waals surface area contributed by atoms with Crippen molar-refractivity contribution < 1.29 is 10.0 Å². The number of benzene rings is 1. The van der Waals surface area contributed by atoms with Crippen LogP contribution in [0.3, 0.4) is 0 Å². The maximum absolute atomic E-state index is 10.7. The summed E-state index contributed by atoms with van der Waals surface area (Å²) in [6.07, 6.45) is 0.394. The van der Waals surface area contributed by atoms with Gasteiger partial charge in [0.2, 0.25) is 0 Å². The van der Waals surface area contributed by atoms with Crippen LogP contribution in [0.4, 0.5) is 5.69 Å². The van der Waals surface area contributed by atoms with Gasteiger partial charge in [-0.25, -0.2) is 0 Å². The van der Waals surface area contributed by atoms with Gasteiger partial charge in [0.05, 0.1) is 11.0 Å². The standard InChI is InChI=1S/C13H17ClN2O3/c1-13(2)11(6-12(13)17)15-7-8-5-9(16(18)19)3-4-10(8)14/h3-5,11-12,15,17H,6-7H2,1-2H3. The molecule has 1 aromatic carbocycles. The van der Waals surface area contributed by atoms with E-state index < -0.39 is 4.92 Å². The van der Waals surface area contributed by atoms with Crippen LogP contribution in [0.1, 0.15) is 25.8 Å². The van der Waals surface area contributed by atoms with Gasteiger partial charge in [0.1, 0.15) is 0 Å².